The minimum Gasteiger partial charge on any atom is -0.493 e. The summed E-state index contributed by atoms with van der Waals surface area (Å²) < 4.78 is 73.8. The fourth-order valence-electron chi connectivity index (χ4n) is 12.9. The lowest BCUT2D eigenvalue weighted by atomic mass is 9.93. The van der Waals surface area contributed by atoms with E-state index >= 15 is 0 Å². The smallest absolute Gasteiger partial charge is 0.414 e. The molecule has 5 aliphatic rings. The molecule has 0 fully saturated rings. The molecular weight excluding hydrogens is 1490 g/mol. The third-order valence-electron chi connectivity index (χ3n) is 19.4. The van der Waals surface area contributed by atoms with E-state index < -0.39 is 47.7 Å². The maximum Gasteiger partial charge on any atom is 0.414 e. The molecule has 0 saturated carbocycles. The maximum absolute atomic E-state index is 14.4. The summed E-state index contributed by atoms with van der Waals surface area (Å²) in [5.41, 5.74) is 7.58. The molecule has 618 valence electrons. The topological polar surface area (TPSA) is 359 Å². The van der Waals surface area contributed by atoms with Gasteiger partial charge in [-0.3, -0.25) is 58.1 Å². The van der Waals surface area contributed by atoms with E-state index in [0.717, 1.165) is 21.6 Å². The molecule has 3 unspecified atom stereocenters. The quantitative estimate of drug-likeness (QED) is 0.0229. The normalized spacial score (nSPS) is 15.6. The number of hydrogen-bond acceptors (Lipinski definition) is 24. The zero-order valence-corrected chi connectivity index (χ0v) is 66.0. The van der Waals surface area contributed by atoms with Crippen LogP contribution in [0, 0.1) is 5.92 Å². The average molecular weight is 1590 g/mol. The first-order valence-electron chi connectivity index (χ1n) is 38.8. The number of carbonyl (C=O) groups is 9. The van der Waals surface area contributed by atoms with Gasteiger partial charge in [-0.25, -0.2) is 4.79 Å². The summed E-state index contributed by atoms with van der Waals surface area (Å²) in [5.74, 6) is -1.48. The summed E-state index contributed by atoms with van der Waals surface area (Å²) >= 11 is 0. The van der Waals surface area contributed by atoms with Crippen molar-refractivity contribution in [2.75, 3.05) is 163 Å². The van der Waals surface area contributed by atoms with Crippen LogP contribution in [-0.4, -0.2) is 258 Å². The number of nitrogens with zero attached hydrogens (tertiary/aromatic N) is 6. The molecule has 32 nitrogen and oxygen atoms in total. The average Bonchev–Trinajstić information content (AvgIpc) is 1.70. The highest BCUT2D eigenvalue weighted by atomic mass is 16.6. The molecule has 0 radical (unpaired) electrons. The van der Waals surface area contributed by atoms with Crippen LogP contribution in [-0.2, 0) is 104 Å². The maximum atomic E-state index is 14.4. The SMILES string of the molecule is COc1cc2c(cc1OCCCOc1cc3c(cc1OC)C(=O)N1Cc4cc(N(C)C(=O)OCc5ccc(NC(=O)C(C)NC(=O)[C@@H](NC(=O)CCOCCOCCOCCOCCOCCOCCOCCOCCCNC(=O)CCN6C(=O)C=CC6=O)C(C)C)cc5)ccc4CC1C=N3)N=CC1Cc3ccccc3CN1C2=O. The molecule has 0 aromatic heterocycles. The van der Waals surface area contributed by atoms with Crippen molar-refractivity contribution in [3.63, 3.8) is 0 Å². The Hall–Kier alpha value is -10.7. The minimum absolute atomic E-state index is 0.00293. The van der Waals surface area contributed by atoms with E-state index in [-0.39, 0.29) is 94.7 Å². The number of carbonyl (C=O) groups excluding carboxylic acids is 9. The Morgan fingerprint density at radius 1 is 0.513 bits per heavy atom. The highest BCUT2D eigenvalue weighted by molar-refractivity contribution is 6.13. The van der Waals surface area contributed by atoms with Crippen molar-refractivity contribution in [3.05, 3.63) is 142 Å². The summed E-state index contributed by atoms with van der Waals surface area (Å²) in [6, 6.07) is 24.9. The van der Waals surface area contributed by atoms with E-state index in [4.69, 9.17) is 71.6 Å². The van der Waals surface area contributed by atoms with E-state index in [1.165, 1.54) is 43.8 Å². The largest absolute Gasteiger partial charge is 0.493 e. The monoisotopic (exact) mass is 1590 g/mol. The Morgan fingerprint density at radius 3 is 1.53 bits per heavy atom. The number of hydrogen-bond donors (Lipinski definition) is 4. The van der Waals surface area contributed by atoms with Gasteiger partial charge in [0.25, 0.3) is 23.6 Å². The molecule has 0 aliphatic carbocycles. The van der Waals surface area contributed by atoms with Gasteiger partial charge in [0.15, 0.2) is 23.0 Å². The molecule has 32 heteroatoms. The van der Waals surface area contributed by atoms with Crippen LogP contribution in [0.5, 0.6) is 23.0 Å². The van der Waals surface area contributed by atoms with Crippen molar-refractivity contribution >= 4 is 88.5 Å². The predicted molar refractivity (Wildman–Crippen MR) is 423 cm³/mol. The first kappa shape index (κ1) is 86.7. The van der Waals surface area contributed by atoms with Gasteiger partial charge in [0, 0.05) is 107 Å². The Balaban J connectivity index is 0.535. The van der Waals surface area contributed by atoms with Crippen molar-refractivity contribution in [3.8, 4) is 23.0 Å². The Bertz CT molecular complexity index is 4230. The molecule has 115 heavy (non-hydrogen) atoms. The van der Waals surface area contributed by atoms with Crippen molar-refractivity contribution < 1.29 is 105 Å². The molecule has 0 saturated heterocycles. The van der Waals surface area contributed by atoms with Crippen molar-refractivity contribution in [1.82, 2.24) is 30.7 Å². The summed E-state index contributed by atoms with van der Waals surface area (Å²) in [6.07, 6.45) is 7.69. The van der Waals surface area contributed by atoms with Crippen molar-refractivity contribution in [1.29, 1.82) is 0 Å². The van der Waals surface area contributed by atoms with Crippen LogP contribution in [0.4, 0.5) is 27.5 Å². The fourth-order valence-corrected chi connectivity index (χ4v) is 12.9. The number of amides is 9. The molecule has 4 atom stereocenters. The van der Waals surface area contributed by atoms with Gasteiger partial charge in [-0.05, 0) is 96.3 Å². The molecule has 4 N–H and O–H groups in total. The summed E-state index contributed by atoms with van der Waals surface area (Å²) in [4.78, 5) is 132. The van der Waals surface area contributed by atoms with Gasteiger partial charge in [-0.1, -0.05) is 56.3 Å². The summed E-state index contributed by atoms with van der Waals surface area (Å²) in [6.45, 7) is 12.6. The summed E-state index contributed by atoms with van der Waals surface area (Å²) in [5, 5.41) is 11.0. The number of rotatable bonds is 48. The summed E-state index contributed by atoms with van der Waals surface area (Å²) in [7, 11) is 4.65. The zero-order chi connectivity index (χ0) is 81.4. The second-order valence-electron chi connectivity index (χ2n) is 27.9. The molecule has 5 heterocycles. The van der Waals surface area contributed by atoms with Gasteiger partial charge in [-0.15, -0.1) is 0 Å². The number of methoxy groups -OCH3 is 2. The van der Waals surface area contributed by atoms with Gasteiger partial charge in [0.05, 0.1) is 161 Å². The Kier molecular flexibility index (Phi) is 33.8. The lowest BCUT2D eigenvalue weighted by molar-refractivity contribution is -0.137. The number of benzene rings is 5. The van der Waals surface area contributed by atoms with E-state index in [1.807, 2.05) is 41.4 Å². The van der Waals surface area contributed by atoms with E-state index in [2.05, 4.69) is 33.4 Å². The number of nitrogens with one attached hydrogen (secondary N) is 4. The Labute approximate surface area is 668 Å². The van der Waals surface area contributed by atoms with Crippen molar-refractivity contribution in [2.24, 2.45) is 15.9 Å². The van der Waals surface area contributed by atoms with Crippen LogP contribution in [0.25, 0.3) is 0 Å². The van der Waals surface area contributed by atoms with Crippen LogP contribution < -0.4 is 45.1 Å². The molecule has 5 aliphatic heterocycles. The third-order valence-corrected chi connectivity index (χ3v) is 19.4. The molecule has 0 spiro atoms. The van der Waals surface area contributed by atoms with Gasteiger partial charge in [0.2, 0.25) is 23.6 Å². The van der Waals surface area contributed by atoms with Crippen LogP contribution >= 0.6 is 0 Å². The van der Waals surface area contributed by atoms with Crippen LogP contribution in [0.15, 0.2) is 113 Å². The fraction of sp³-hybridized carbons (Fsp3) is 0.482. The molecule has 5 aromatic carbocycles. The number of aliphatic imine (C=N–C) groups is 2. The van der Waals surface area contributed by atoms with Gasteiger partial charge < -0.3 is 92.6 Å². The predicted octanol–water partition coefficient (Wildman–Crippen LogP) is 6.82. The lowest BCUT2D eigenvalue weighted by Crippen LogP contribution is -2.53. The highest BCUT2D eigenvalue weighted by Gasteiger charge is 2.37. The van der Waals surface area contributed by atoms with Crippen LogP contribution in [0.3, 0.4) is 0 Å². The van der Waals surface area contributed by atoms with Gasteiger partial charge in [0.1, 0.15) is 18.7 Å². The number of imide groups is 1. The second-order valence-corrected chi connectivity index (χ2v) is 27.9. The van der Waals surface area contributed by atoms with E-state index in [1.54, 1.807) is 80.5 Å². The minimum atomic E-state index is -0.964. The molecule has 5 aromatic rings. The number of ether oxygens (including phenoxy) is 13. The molecular formula is C83H104N10O22. The first-order chi connectivity index (χ1) is 55.8. The van der Waals surface area contributed by atoms with Crippen molar-refractivity contribution in [2.45, 2.75) is 103 Å². The number of anilines is 2. The van der Waals surface area contributed by atoms with Gasteiger partial charge in [-0.2, -0.15) is 0 Å². The lowest BCUT2D eigenvalue weighted by Gasteiger charge is -2.34. The third kappa shape index (κ3) is 25.6. The number of fused-ring (bicyclic) bond motifs is 6. The van der Waals surface area contributed by atoms with E-state index in [9.17, 15) is 43.2 Å². The zero-order valence-electron chi connectivity index (χ0n) is 66.0. The Morgan fingerprint density at radius 2 is 1.01 bits per heavy atom. The van der Waals surface area contributed by atoms with Crippen LogP contribution in [0.2, 0.25) is 0 Å². The molecule has 0 bridgehead atoms. The molecule has 10 rings (SSSR count). The van der Waals surface area contributed by atoms with Gasteiger partial charge >= 0.3 is 6.09 Å². The molecule has 9 amide bonds. The second kappa shape index (κ2) is 44.8. The van der Waals surface area contributed by atoms with Crippen LogP contribution in [0.1, 0.15) is 95.0 Å². The van der Waals surface area contributed by atoms with E-state index in [0.29, 0.717) is 194 Å². The highest BCUT2D eigenvalue weighted by Crippen LogP contribution is 2.41. The standard InChI is InChI=1S/C83H104N10O22/c1-55(2)78(89-75(95)22-28-106-30-32-108-34-36-110-38-40-112-42-41-111-39-37-109-35-33-107-31-29-105-25-9-23-84-74(94)21-24-91-76(96)19-20-77(91)97)80(99)87-56(3)79(98)88-62-16-13-57(14-17-62)54-115-83(102)90(4)63-18-15-59-44-65-51-86-69-49-73(71(104-6)47-67(69)82(101)93(65)53-61(59)45-63)114-27-10-26-113-72-48-68-66(46-70(72)103-5)81(100)92-52-60-12-8-7-11-58(60)43-64(92)50-85-68/h7-8,11-20,45-51,55-56,64-65,78H,9-10,21-44,52-54H2,1-6H3,(H,84,94)(H,87,99)(H,88,98)(H,89,95)/t56?,64?,65?,78-/m0/s1. The first-order valence-corrected chi connectivity index (χ1v) is 38.8.